The molecular formula is C34H40N6OS. The van der Waals surface area contributed by atoms with Crippen LogP contribution in [0.1, 0.15) is 48.6 Å². The van der Waals surface area contributed by atoms with Crippen LogP contribution in [-0.4, -0.2) is 54.1 Å². The molecule has 0 bridgehead atoms. The van der Waals surface area contributed by atoms with Gasteiger partial charge in [0.15, 0.2) is 5.11 Å². The minimum absolute atomic E-state index is 0.0588. The average molecular weight is 581 g/mol. The maximum atomic E-state index is 6.02. The fraction of sp³-hybridized carbons (Fsp3) is 0.353. The van der Waals surface area contributed by atoms with Crippen LogP contribution in [0.4, 0.5) is 17.1 Å². The number of ether oxygens (including phenoxy) is 1. The quantitative estimate of drug-likeness (QED) is 0.244. The third-order valence-corrected chi connectivity index (χ3v) is 8.94. The topological polar surface area (TPSA) is 48.8 Å². The molecule has 218 valence electrons. The minimum atomic E-state index is -0.0865. The summed E-state index contributed by atoms with van der Waals surface area (Å²) in [6, 6.07) is 26.0. The van der Waals surface area contributed by atoms with Crippen molar-refractivity contribution in [1.82, 2.24) is 14.9 Å². The number of nitrogens with zero attached hydrogens (tertiary/aromatic N) is 5. The number of anilines is 3. The lowest BCUT2D eigenvalue weighted by atomic mass is 9.96. The van der Waals surface area contributed by atoms with E-state index in [0.717, 1.165) is 56.5 Å². The van der Waals surface area contributed by atoms with Crippen molar-refractivity contribution in [1.29, 1.82) is 0 Å². The van der Waals surface area contributed by atoms with Crippen LogP contribution in [0.15, 0.2) is 79.0 Å². The van der Waals surface area contributed by atoms with Gasteiger partial charge in [0.05, 0.1) is 31.0 Å². The van der Waals surface area contributed by atoms with Crippen molar-refractivity contribution in [3.63, 3.8) is 0 Å². The fourth-order valence-electron chi connectivity index (χ4n) is 6.48. The van der Waals surface area contributed by atoms with Gasteiger partial charge in [-0.25, -0.2) is 0 Å². The second-order valence-corrected chi connectivity index (χ2v) is 11.3. The molecule has 2 saturated heterocycles. The largest absolute Gasteiger partial charge is 0.378 e. The van der Waals surface area contributed by atoms with Gasteiger partial charge < -0.3 is 29.3 Å². The van der Waals surface area contributed by atoms with Crippen molar-refractivity contribution in [2.45, 2.75) is 39.8 Å². The monoisotopic (exact) mass is 580 g/mol. The van der Waals surface area contributed by atoms with Gasteiger partial charge >= 0.3 is 0 Å². The maximum absolute atomic E-state index is 6.02. The Labute approximate surface area is 254 Å². The first-order chi connectivity index (χ1) is 20.5. The molecule has 0 saturated carbocycles. The van der Waals surface area contributed by atoms with Crippen molar-refractivity contribution < 1.29 is 4.74 Å². The molecule has 2 aromatic heterocycles. The summed E-state index contributed by atoms with van der Waals surface area (Å²) in [6.45, 7) is 14.2. The van der Waals surface area contributed by atoms with Crippen LogP contribution < -0.4 is 20.0 Å². The number of aryl methyl sites for hydroxylation is 1. The molecule has 8 heteroatoms. The Bertz CT molecular complexity index is 1510. The highest BCUT2D eigenvalue weighted by atomic mass is 32.1. The summed E-state index contributed by atoms with van der Waals surface area (Å²) in [5, 5.41) is 4.34. The highest BCUT2D eigenvalue weighted by Gasteiger charge is 2.42. The molecule has 0 aliphatic carbocycles. The number of benzene rings is 2. The Balaban J connectivity index is 1.39. The first-order valence-corrected chi connectivity index (χ1v) is 15.4. The summed E-state index contributed by atoms with van der Waals surface area (Å²) in [5.41, 5.74) is 9.31. The first kappa shape index (κ1) is 28.2. The van der Waals surface area contributed by atoms with Crippen molar-refractivity contribution in [2.75, 3.05) is 54.1 Å². The minimum Gasteiger partial charge on any atom is -0.378 e. The number of rotatable bonds is 8. The van der Waals surface area contributed by atoms with E-state index >= 15 is 0 Å². The molecule has 2 aliphatic heterocycles. The van der Waals surface area contributed by atoms with Gasteiger partial charge in [-0.05, 0) is 112 Å². The number of thiocarbonyl (C=S) groups is 1. The zero-order chi connectivity index (χ0) is 29.2. The van der Waals surface area contributed by atoms with Crippen LogP contribution in [-0.2, 0) is 4.74 Å². The molecule has 0 spiro atoms. The Hall–Kier alpha value is -3.88. The highest BCUT2D eigenvalue weighted by Crippen LogP contribution is 2.44. The summed E-state index contributed by atoms with van der Waals surface area (Å²) >= 11 is 6.02. The van der Waals surface area contributed by atoms with Crippen molar-refractivity contribution in [3.05, 3.63) is 102 Å². The normalized spacial score (nSPS) is 18.8. The molecule has 6 rings (SSSR count). The van der Waals surface area contributed by atoms with Crippen LogP contribution >= 0.6 is 12.2 Å². The summed E-state index contributed by atoms with van der Waals surface area (Å²) in [5.74, 6) is 0. The summed E-state index contributed by atoms with van der Waals surface area (Å²) in [4.78, 5) is 11.8. The van der Waals surface area contributed by atoms with Gasteiger partial charge in [0.2, 0.25) is 0 Å². The maximum Gasteiger partial charge on any atom is 0.174 e. The van der Waals surface area contributed by atoms with E-state index in [1.807, 2.05) is 18.3 Å². The number of pyridine rings is 1. The fourth-order valence-corrected chi connectivity index (χ4v) is 6.83. The molecule has 7 nitrogen and oxygen atoms in total. The molecular weight excluding hydrogens is 540 g/mol. The van der Waals surface area contributed by atoms with Crippen LogP contribution in [0.25, 0.3) is 5.69 Å². The third-order valence-electron chi connectivity index (χ3n) is 8.63. The van der Waals surface area contributed by atoms with Crippen LogP contribution in [0.2, 0.25) is 0 Å². The molecule has 2 aliphatic rings. The Morgan fingerprint density at radius 3 is 2.21 bits per heavy atom. The van der Waals surface area contributed by atoms with Crippen LogP contribution in [0.5, 0.6) is 0 Å². The smallest absolute Gasteiger partial charge is 0.174 e. The van der Waals surface area contributed by atoms with Gasteiger partial charge in [-0.3, -0.25) is 4.98 Å². The average Bonchev–Trinajstić information content (AvgIpc) is 3.53. The molecule has 1 N–H and O–H groups in total. The van der Waals surface area contributed by atoms with E-state index in [9.17, 15) is 0 Å². The van der Waals surface area contributed by atoms with E-state index in [4.69, 9.17) is 21.9 Å². The predicted octanol–water partition coefficient (Wildman–Crippen LogP) is 6.35. The van der Waals surface area contributed by atoms with Gasteiger partial charge in [0.1, 0.15) is 0 Å². The molecule has 0 radical (unpaired) electrons. The van der Waals surface area contributed by atoms with E-state index in [1.54, 1.807) is 0 Å². The number of morpholine rings is 1. The Morgan fingerprint density at radius 2 is 1.57 bits per heavy atom. The third kappa shape index (κ3) is 5.25. The second kappa shape index (κ2) is 12.2. The summed E-state index contributed by atoms with van der Waals surface area (Å²) in [6.07, 6.45) is 1.86. The number of nitrogens with one attached hydrogen (secondary N) is 1. The lowest BCUT2D eigenvalue weighted by Gasteiger charge is -2.31. The van der Waals surface area contributed by atoms with E-state index in [0.29, 0.717) is 5.11 Å². The zero-order valence-corrected chi connectivity index (χ0v) is 25.8. The van der Waals surface area contributed by atoms with E-state index in [1.165, 1.54) is 28.3 Å². The van der Waals surface area contributed by atoms with Gasteiger partial charge in [0, 0.05) is 66.5 Å². The zero-order valence-electron chi connectivity index (χ0n) is 25.0. The molecule has 4 aromatic rings. The Morgan fingerprint density at radius 1 is 0.905 bits per heavy atom. The SMILES string of the molecule is CCN(CC)c1ccc(-n2c(C)cc([C@H]3[C@@H](c4ccccn4)NC(=S)N3c3ccc(N4CCOCC4)cc3)c2C)cc1. The Kier molecular flexibility index (Phi) is 8.18. The van der Waals surface area contributed by atoms with Gasteiger partial charge in [-0.1, -0.05) is 6.07 Å². The lowest BCUT2D eigenvalue weighted by molar-refractivity contribution is 0.122. The van der Waals surface area contributed by atoms with Crippen LogP contribution in [0, 0.1) is 13.8 Å². The molecule has 0 unspecified atom stereocenters. The molecule has 0 amide bonds. The standard InChI is InChI=1S/C34H40N6OS/c1-5-37(6-2)26-10-14-28(15-11-26)39-24(3)23-30(25(39)4)33-32(31-9-7-8-18-35-31)36-34(42)40(33)29-16-12-27(13-17-29)38-19-21-41-22-20-38/h7-18,23,32-33H,5-6,19-22H2,1-4H3,(H,36,42)/t32-,33+/m1/s1. The molecule has 2 atom stereocenters. The first-order valence-electron chi connectivity index (χ1n) is 15.0. The molecule has 42 heavy (non-hydrogen) atoms. The predicted molar refractivity (Wildman–Crippen MR) is 176 cm³/mol. The summed E-state index contributed by atoms with van der Waals surface area (Å²) in [7, 11) is 0. The van der Waals surface area contributed by atoms with E-state index < -0.39 is 0 Å². The number of hydrogen-bond donors (Lipinski definition) is 1. The second-order valence-electron chi connectivity index (χ2n) is 11.0. The van der Waals surface area contributed by atoms with Crippen LogP contribution in [0.3, 0.4) is 0 Å². The molecule has 2 aromatic carbocycles. The van der Waals surface area contributed by atoms with Crippen molar-refractivity contribution in [2.24, 2.45) is 0 Å². The van der Waals surface area contributed by atoms with Gasteiger partial charge in [-0.15, -0.1) is 0 Å². The molecule has 2 fully saturated rings. The van der Waals surface area contributed by atoms with E-state index in [-0.39, 0.29) is 12.1 Å². The molecule has 4 heterocycles. The van der Waals surface area contributed by atoms with Gasteiger partial charge in [0.25, 0.3) is 0 Å². The highest BCUT2D eigenvalue weighted by molar-refractivity contribution is 7.80. The van der Waals surface area contributed by atoms with Crippen molar-refractivity contribution >= 4 is 34.4 Å². The number of hydrogen-bond acceptors (Lipinski definition) is 5. The summed E-state index contributed by atoms with van der Waals surface area (Å²) < 4.78 is 7.91. The van der Waals surface area contributed by atoms with Gasteiger partial charge in [-0.2, -0.15) is 0 Å². The van der Waals surface area contributed by atoms with Crippen molar-refractivity contribution in [3.8, 4) is 5.69 Å². The number of aromatic nitrogens is 2. The van der Waals surface area contributed by atoms with E-state index in [2.05, 4.69) is 113 Å². The lowest BCUT2D eigenvalue weighted by Crippen LogP contribution is -2.36.